The molecular formula is C18H18N2O. The highest BCUT2D eigenvalue weighted by Crippen LogP contribution is 2.47. The van der Waals surface area contributed by atoms with Gasteiger partial charge >= 0.3 is 0 Å². The molecule has 21 heavy (non-hydrogen) atoms. The van der Waals surface area contributed by atoms with Crippen LogP contribution in [-0.4, -0.2) is 17.4 Å². The van der Waals surface area contributed by atoms with Gasteiger partial charge in [0.1, 0.15) is 0 Å². The molecule has 0 radical (unpaired) electrons. The Bertz CT molecular complexity index is 631. The van der Waals surface area contributed by atoms with Gasteiger partial charge < -0.3 is 5.32 Å². The van der Waals surface area contributed by atoms with Crippen molar-refractivity contribution in [3.8, 4) is 0 Å². The number of hydrogen-bond donors (Lipinski definition) is 1. The van der Waals surface area contributed by atoms with Gasteiger partial charge in [-0.3, -0.25) is 9.78 Å². The van der Waals surface area contributed by atoms with Crippen molar-refractivity contribution in [1.29, 1.82) is 0 Å². The van der Waals surface area contributed by atoms with E-state index in [1.54, 1.807) is 24.5 Å². The monoisotopic (exact) mass is 278 g/mol. The van der Waals surface area contributed by atoms with Crippen LogP contribution in [-0.2, 0) is 10.2 Å². The van der Waals surface area contributed by atoms with Gasteiger partial charge in [-0.15, -0.1) is 0 Å². The number of rotatable bonds is 5. The number of amides is 1. The van der Waals surface area contributed by atoms with Crippen LogP contribution in [0.4, 0.5) is 0 Å². The number of nitrogens with zero attached hydrogens (tertiary/aromatic N) is 1. The van der Waals surface area contributed by atoms with Gasteiger partial charge in [-0.05, 0) is 36.1 Å². The molecule has 1 amide bonds. The van der Waals surface area contributed by atoms with E-state index in [0.717, 1.165) is 18.4 Å². The van der Waals surface area contributed by atoms with Gasteiger partial charge in [0.05, 0.1) is 0 Å². The molecule has 1 aliphatic rings. The second-order valence-electron chi connectivity index (χ2n) is 5.48. The molecule has 3 heteroatoms. The summed E-state index contributed by atoms with van der Waals surface area (Å²) < 4.78 is 0. The third-order valence-electron chi connectivity index (χ3n) is 3.95. The number of hydrogen-bond acceptors (Lipinski definition) is 2. The van der Waals surface area contributed by atoms with Crippen LogP contribution < -0.4 is 5.32 Å². The fraction of sp³-hybridized carbons (Fsp3) is 0.222. The number of aromatic nitrogens is 1. The highest BCUT2D eigenvalue weighted by molar-refractivity contribution is 5.91. The molecular weight excluding hydrogens is 260 g/mol. The highest BCUT2D eigenvalue weighted by atomic mass is 16.1. The summed E-state index contributed by atoms with van der Waals surface area (Å²) in [5, 5.41) is 3.01. The Morgan fingerprint density at radius 2 is 2.00 bits per heavy atom. The molecule has 1 aliphatic carbocycles. The van der Waals surface area contributed by atoms with E-state index in [2.05, 4.69) is 34.6 Å². The molecule has 0 spiro atoms. The second kappa shape index (κ2) is 5.92. The normalized spacial score (nSPS) is 15.8. The average molecular weight is 278 g/mol. The molecule has 106 valence electrons. The van der Waals surface area contributed by atoms with Crippen LogP contribution in [0.15, 0.2) is 60.9 Å². The summed E-state index contributed by atoms with van der Waals surface area (Å²) in [6.07, 6.45) is 9.08. The second-order valence-corrected chi connectivity index (χ2v) is 5.48. The van der Waals surface area contributed by atoms with Gasteiger partial charge in [-0.25, -0.2) is 0 Å². The van der Waals surface area contributed by atoms with Crippen molar-refractivity contribution in [1.82, 2.24) is 10.3 Å². The zero-order valence-electron chi connectivity index (χ0n) is 11.8. The topological polar surface area (TPSA) is 42.0 Å². The largest absolute Gasteiger partial charge is 0.352 e. The van der Waals surface area contributed by atoms with Crippen molar-refractivity contribution in [3.63, 3.8) is 0 Å². The Balaban J connectivity index is 1.56. The third kappa shape index (κ3) is 3.37. The first kappa shape index (κ1) is 13.6. The predicted molar refractivity (Wildman–Crippen MR) is 83.6 cm³/mol. The molecule has 1 aromatic carbocycles. The van der Waals surface area contributed by atoms with E-state index in [0.29, 0.717) is 6.54 Å². The van der Waals surface area contributed by atoms with E-state index in [9.17, 15) is 4.79 Å². The lowest BCUT2D eigenvalue weighted by molar-refractivity contribution is -0.116. The molecule has 3 nitrogen and oxygen atoms in total. The summed E-state index contributed by atoms with van der Waals surface area (Å²) in [4.78, 5) is 15.9. The maximum atomic E-state index is 11.9. The minimum absolute atomic E-state index is 0.0546. The van der Waals surface area contributed by atoms with Crippen molar-refractivity contribution < 1.29 is 4.79 Å². The molecule has 1 heterocycles. The molecule has 2 aromatic rings. The minimum Gasteiger partial charge on any atom is -0.352 e. The zero-order valence-corrected chi connectivity index (χ0v) is 11.8. The van der Waals surface area contributed by atoms with E-state index >= 15 is 0 Å². The maximum Gasteiger partial charge on any atom is 0.244 e. The van der Waals surface area contributed by atoms with Gasteiger partial charge in [-0.2, -0.15) is 0 Å². The van der Waals surface area contributed by atoms with E-state index in [-0.39, 0.29) is 11.3 Å². The van der Waals surface area contributed by atoms with Crippen LogP contribution in [0.3, 0.4) is 0 Å². The molecule has 0 bridgehead atoms. The van der Waals surface area contributed by atoms with Gasteiger partial charge in [0.2, 0.25) is 5.91 Å². The number of benzene rings is 1. The van der Waals surface area contributed by atoms with Gasteiger partial charge in [0.25, 0.3) is 0 Å². The maximum absolute atomic E-state index is 11.9. The Morgan fingerprint density at radius 1 is 1.19 bits per heavy atom. The van der Waals surface area contributed by atoms with E-state index in [1.165, 1.54) is 5.56 Å². The number of pyridine rings is 1. The summed E-state index contributed by atoms with van der Waals surface area (Å²) >= 11 is 0. The molecule has 0 unspecified atom stereocenters. The lowest BCUT2D eigenvalue weighted by atomic mass is 9.96. The molecule has 3 rings (SSSR count). The summed E-state index contributed by atoms with van der Waals surface area (Å²) in [5.41, 5.74) is 2.40. The first-order chi connectivity index (χ1) is 10.3. The molecule has 0 saturated heterocycles. The summed E-state index contributed by atoms with van der Waals surface area (Å²) in [6.45, 7) is 0.702. The highest BCUT2D eigenvalue weighted by Gasteiger charge is 2.43. The van der Waals surface area contributed by atoms with E-state index in [4.69, 9.17) is 0 Å². The molecule has 0 atom stereocenters. The van der Waals surface area contributed by atoms with Crippen LogP contribution in [0.1, 0.15) is 24.0 Å². The molecule has 1 fully saturated rings. The smallest absolute Gasteiger partial charge is 0.244 e. The lowest BCUT2D eigenvalue weighted by Crippen LogP contribution is -2.30. The minimum atomic E-state index is -0.0546. The molecule has 1 aromatic heterocycles. The van der Waals surface area contributed by atoms with E-state index < -0.39 is 0 Å². The van der Waals surface area contributed by atoms with Crippen LogP contribution in [0.25, 0.3) is 6.08 Å². The van der Waals surface area contributed by atoms with Gasteiger partial charge in [0.15, 0.2) is 0 Å². The third-order valence-corrected chi connectivity index (χ3v) is 3.95. The molecule has 1 N–H and O–H groups in total. The summed E-state index contributed by atoms with van der Waals surface area (Å²) in [6, 6.07) is 14.2. The average Bonchev–Trinajstić information content (AvgIpc) is 3.34. The Morgan fingerprint density at radius 3 is 2.67 bits per heavy atom. The van der Waals surface area contributed by atoms with Crippen molar-refractivity contribution >= 4 is 12.0 Å². The molecule has 1 saturated carbocycles. The van der Waals surface area contributed by atoms with Gasteiger partial charge in [0, 0.05) is 30.4 Å². The first-order valence-electron chi connectivity index (χ1n) is 7.20. The van der Waals surface area contributed by atoms with Crippen LogP contribution in [0.2, 0.25) is 0 Å². The standard InChI is InChI=1S/C18H18N2O/c21-17(9-8-15-5-4-12-19-13-15)20-14-18(10-11-18)16-6-2-1-3-7-16/h1-9,12-13H,10-11,14H2,(H,20,21). The Hall–Kier alpha value is -2.42. The number of carbonyl (C=O) groups excluding carboxylic acids is 1. The fourth-order valence-electron chi connectivity index (χ4n) is 2.47. The number of nitrogens with one attached hydrogen (secondary N) is 1. The van der Waals surface area contributed by atoms with Crippen LogP contribution >= 0.6 is 0 Å². The van der Waals surface area contributed by atoms with Crippen molar-refractivity contribution in [3.05, 3.63) is 72.1 Å². The van der Waals surface area contributed by atoms with Crippen molar-refractivity contribution in [2.45, 2.75) is 18.3 Å². The van der Waals surface area contributed by atoms with Crippen LogP contribution in [0.5, 0.6) is 0 Å². The van der Waals surface area contributed by atoms with E-state index in [1.807, 2.05) is 18.2 Å². The van der Waals surface area contributed by atoms with Gasteiger partial charge in [-0.1, -0.05) is 36.4 Å². The zero-order chi connectivity index (χ0) is 14.5. The van der Waals surface area contributed by atoms with Crippen molar-refractivity contribution in [2.24, 2.45) is 0 Å². The lowest BCUT2D eigenvalue weighted by Gasteiger charge is -2.15. The first-order valence-corrected chi connectivity index (χ1v) is 7.20. The molecule has 0 aliphatic heterocycles. The SMILES string of the molecule is O=C(C=Cc1cccnc1)NCC1(c2ccccc2)CC1. The van der Waals surface area contributed by atoms with Crippen molar-refractivity contribution in [2.75, 3.05) is 6.54 Å². The number of carbonyl (C=O) groups is 1. The summed E-state index contributed by atoms with van der Waals surface area (Å²) in [7, 11) is 0. The quantitative estimate of drug-likeness (QED) is 0.854. The summed E-state index contributed by atoms with van der Waals surface area (Å²) in [5.74, 6) is -0.0546. The Labute approximate surface area is 124 Å². The van der Waals surface area contributed by atoms with Crippen LogP contribution in [0, 0.1) is 0 Å². The fourth-order valence-corrected chi connectivity index (χ4v) is 2.47. The predicted octanol–water partition coefficient (Wildman–Crippen LogP) is 2.94. The Kier molecular flexibility index (Phi) is 3.82.